The fourth-order valence-electron chi connectivity index (χ4n) is 2.15. The van der Waals surface area contributed by atoms with Crippen LogP contribution in [0.5, 0.6) is 5.88 Å². The first-order chi connectivity index (χ1) is 12.2. The molecule has 0 fully saturated rings. The lowest BCUT2D eigenvalue weighted by molar-refractivity contribution is 0.0600. The number of ether oxygens (including phenoxy) is 2. The minimum Gasteiger partial charge on any atom is -0.477 e. The lowest BCUT2D eigenvalue weighted by atomic mass is 10.1. The van der Waals surface area contributed by atoms with Crippen LogP contribution in [-0.4, -0.2) is 30.6 Å². The third-order valence-corrected chi connectivity index (χ3v) is 3.59. The molecule has 1 N–H and O–H groups in total. The number of rotatable bonds is 8. The molecule has 0 bridgehead atoms. The smallest absolute Gasteiger partial charge is 0.337 e. The number of pyridine rings is 1. The van der Waals surface area contributed by atoms with Crippen LogP contribution in [0.2, 0.25) is 0 Å². The topological polar surface area (TPSA) is 77.5 Å². The lowest BCUT2D eigenvalue weighted by Crippen LogP contribution is -2.23. The Kier molecular flexibility index (Phi) is 6.95. The number of esters is 1. The Hall–Kier alpha value is -2.89. The number of carbonyl (C=O) groups is 2. The van der Waals surface area contributed by atoms with Crippen LogP contribution in [0.15, 0.2) is 42.6 Å². The van der Waals surface area contributed by atoms with E-state index >= 15 is 0 Å². The van der Waals surface area contributed by atoms with Crippen LogP contribution in [0.1, 0.15) is 46.0 Å². The van der Waals surface area contributed by atoms with Crippen LogP contribution in [0.4, 0.5) is 0 Å². The van der Waals surface area contributed by atoms with Gasteiger partial charge in [-0.1, -0.05) is 19.4 Å². The summed E-state index contributed by atoms with van der Waals surface area (Å²) in [6, 6.07) is 9.97. The summed E-state index contributed by atoms with van der Waals surface area (Å²) in [5.41, 5.74) is 1.68. The van der Waals surface area contributed by atoms with Gasteiger partial charge in [-0.3, -0.25) is 4.79 Å². The molecule has 0 radical (unpaired) electrons. The van der Waals surface area contributed by atoms with Crippen LogP contribution >= 0.6 is 0 Å². The van der Waals surface area contributed by atoms with Gasteiger partial charge >= 0.3 is 5.97 Å². The molecule has 6 nitrogen and oxygen atoms in total. The molecule has 0 spiro atoms. The van der Waals surface area contributed by atoms with Gasteiger partial charge in [0.05, 0.1) is 19.3 Å². The highest BCUT2D eigenvalue weighted by Gasteiger charge is 2.10. The summed E-state index contributed by atoms with van der Waals surface area (Å²) in [4.78, 5) is 27.9. The summed E-state index contributed by atoms with van der Waals surface area (Å²) >= 11 is 0. The molecule has 0 unspecified atom stereocenters. The standard InChI is InChI=1S/C19H22N2O4/c1-3-4-12-25-18-16(6-5-11-20-18)13-21-17(22)14-7-9-15(10-8-14)19(23)24-2/h5-11H,3-4,12-13H2,1-2H3,(H,21,22). The Morgan fingerprint density at radius 1 is 1.12 bits per heavy atom. The van der Waals surface area contributed by atoms with Gasteiger partial charge < -0.3 is 14.8 Å². The second-order valence-electron chi connectivity index (χ2n) is 5.42. The molecule has 1 aromatic carbocycles. The third-order valence-electron chi connectivity index (χ3n) is 3.59. The van der Waals surface area contributed by atoms with Crippen molar-refractivity contribution in [2.45, 2.75) is 26.3 Å². The molecule has 2 rings (SSSR count). The molecule has 1 aromatic heterocycles. The number of unbranched alkanes of at least 4 members (excludes halogenated alkanes) is 1. The maximum atomic E-state index is 12.3. The van der Waals surface area contributed by atoms with Crippen molar-refractivity contribution in [3.63, 3.8) is 0 Å². The van der Waals surface area contributed by atoms with Gasteiger partial charge in [0.1, 0.15) is 0 Å². The van der Waals surface area contributed by atoms with Crippen LogP contribution in [0.3, 0.4) is 0 Å². The van der Waals surface area contributed by atoms with E-state index in [-0.39, 0.29) is 5.91 Å². The molecule has 0 saturated heterocycles. The number of nitrogens with zero attached hydrogens (tertiary/aromatic N) is 1. The monoisotopic (exact) mass is 342 g/mol. The number of amides is 1. The number of hydrogen-bond acceptors (Lipinski definition) is 5. The highest BCUT2D eigenvalue weighted by Crippen LogP contribution is 2.15. The van der Waals surface area contributed by atoms with E-state index in [1.165, 1.54) is 7.11 Å². The van der Waals surface area contributed by atoms with Gasteiger partial charge in [-0.25, -0.2) is 9.78 Å². The Morgan fingerprint density at radius 2 is 1.84 bits per heavy atom. The van der Waals surface area contributed by atoms with Crippen LogP contribution in [0, 0.1) is 0 Å². The number of hydrogen-bond donors (Lipinski definition) is 1. The van der Waals surface area contributed by atoms with Gasteiger partial charge in [0, 0.05) is 23.9 Å². The molecule has 1 heterocycles. The fourth-order valence-corrected chi connectivity index (χ4v) is 2.15. The molecular weight excluding hydrogens is 320 g/mol. The van der Waals surface area contributed by atoms with Gasteiger partial charge in [-0.05, 0) is 36.8 Å². The molecule has 0 atom stereocenters. The van der Waals surface area contributed by atoms with E-state index in [9.17, 15) is 9.59 Å². The molecule has 0 aliphatic heterocycles. The van der Waals surface area contributed by atoms with E-state index in [1.54, 1.807) is 36.5 Å². The van der Waals surface area contributed by atoms with Crippen molar-refractivity contribution in [3.05, 3.63) is 59.3 Å². The number of methoxy groups -OCH3 is 1. The van der Waals surface area contributed by atoms with Crippen LogP contribution < -0.4 is 10.1 Å². The zero-order chi connectivity index (χ0) is 18.1. The van der Waals surface area contributed by atoms with Gasteiger partial charge in [0.15, 0.2) is 0 Å². The Morgan fingerprint density at radius 3 is 2.52 bits per heavy atom. The number of benzene rings is 1. The molecule has 25 heavy (non-hydrogen) atoms. The molecule has 0 aliphatic carbocycles. The molecular formula is C19H22N2O4. The first-order valence-electron chi connectivity index (χ1n) is 8.19. The van der Waals surface area contributed by atoms with Crippen LogP contribution in [-0.2, 0) is 11.3 Å². The second kappa shape index (κ2) is 9.42. The van der Waals surface area contributed by atoms with Crippen molar-refractivity contribution in [2.75, 3.05) is 13.7 Å². The van der Waals surface area contributed by atoms with E-state index in [2.05, 4.69) is 22.0 Å². The zero-order valence-corrected chi connectivity index (χ0v) is 14.5. The van der Waals surface area contributed by atoms with Gasteiger partial charge in [-0.2, -0.15) is 0 Å². The Balaban J connectivity index is 1.97. The molecule has 132 valence electrons. The average molecular weight is 342 g/mol. The van der Waals surface area contributed by atoms with Crippen molar-refractivity contribution >= 4 is 11.9 Å². The lowest BCUT2D eigenvalue weighted by Gasteiger charge is -2.11. The predicted molar refractivity (Wildman–Crippen MR) is 93.6 cm³/mol. The summed E-state index contributed by atoms with van der Waals surface area (Å²) in [6.45, 7) is 3.00. The van der Waals surface area contributed by atoms with Crippen molar-refractivity contribution < 1.29 is 19.1 Å². The summed E-state index contributed by atoms with van der Waals surface area (Å²) in [7, 11) is 1.32. The van der Waals surface area contributed by atoms with Crippen molar-refractivity contribution in [1.82, 2.24) is 10.3 Å². The maximum absolute atomic E-state index is 12.3. The summed E-state index contributed by atoms with van der Waals surface area (Å²) < 4.78 is 10.3. The SMILES string of the molecule is CCCCOc1ncccc1CNC(=O)c1ccc(C(=O)OC)cc1. The highest BCUT2D eigenvalue weighted by atomic mass is 16.5. The van der Waals surface area contributed by atoms with E-state index < -0.39 is 5.97 Å². The quantitative estimate of drug-likeness (QED) is 0.589. The first-order valence-corrected chi connectivity index (χ1v) is 8.19. The Bertz CT molecular complexity index is 714. The van der Waals surface area contributed by atoms with Gasteiger partial charge in [0.25, 0.3) is 5.91 Å². The van der Waals surface area contributed by atoms with E-state index in [0.29, 0.717) is 30.2 Å². The van der Waals surface area contributed by atoms with Crippen molar-refractivity contribution in [2.24, 2.45) is 0 Å². The van der Waals surface area contributed by atoms with Gasteiger partial charge in [-0.15, -0.1) is 0 Å². The highest BCUT2D eigenvalue weighted by molar-refractivity contribution is 5.96. The molecule has 6 heteroatoms. The molecule has 2 aromatic rings. The van der Waals surface area contributed by atoms with E-state index in [4.69, 9.17) is 4.74 Å². The Labute approximate surface area is 147 Å². The molecule has 0 aliphatic rings. The van der Waals surface area contributed by atoms with Gasteiger partial charge in [0.2, 0.25) is 5.88 Å². The average Bonchev–Trinajstić information content (AvgIpc) is 2.66. The fraction of sp³-hybridized carbons (Fsp3) is 0.316. The largest absolute Gasteiger partial charge is 0.477 e. The molecule has 0 saturated carbocycles. The normalized spacial score (nSPS) is 10.2. The first kappa shape index (κ1) is 18.4. The number of nitrogens with one attached hydrogen (secondary N) is 1. The number of aromatic nitrogens is 1. The van der Waals surface area contributed by atoms with Crippen molar-refractivity contribution in [1.29, 1.82) is 0 Å². The van der Waals surface area contributed by atoms with E-state index in [1.807, 2.05) is 6.07 Å². The predicted octanol–water partition coefficient (Wildman–Crippen LogP) is 2.98. The third kappa shape index (κ3) is 5.31. The minimum absolute atomic E-state index is 0.236. The molecule has 1 amide bonds. The van der Waals surface area contributed by atoms with Crippen molar-refractivity contribution in [3.8, 4) is 5.88 Å². The minimum atomic E-state index is -0.434. The van der Waals surface area contributed by atoms with Crippen LogP contribution in [0.25, 0.3) is 0 Å². The summed E-state index contributed by atoms with van der Waals surface area (Å²) in [5, 5.41) is 2.83. The maximum Gasteiger partial charge on any atom is 0.337 e. The second-order valence-corrected chi connectivity index (χ2v) is 5.42. The zero-order valence-electron chi connectivity index (χ0n) is 14.5. The summed E-state index contributed by atoms with van der Waals surface area (Å²) in [6.07, 6.45) is 3.66. The number of carbonyl (C=O) groups excluding carboxylic acids is 2. The summed E-state index contributed by atoms with van der Waals surface area (Å²) in [5.74, 6) is -0.131. The van der Waals surface area contributed by atoms with E-state index in [0.717, 1.165) is 18.4 Å².